The van der Waals surface area contributed by atoms with Gasteiger partial charge in [-0.05, 0) is 17.4 Å². The van der Waals surface area contributed by atoms with Gasteiger partial charge in [-0.25, -0.2) is 9.67 Å². The third-order valence-corrected chi connectivity index (χ3v) is 4.85. The highest BCUT2D eigenvalue weighted by Crippen LogP contribution is 2.28. The quantitative estimate of drug-likeness (QED) is 0.769. The zero-order valence-electron chi connectivity index (χ0n) is 12.3. The van der Waals surface area contributed by atoms with Crippen molar-refractivity contribution in [3.05, 3.63) is 40.8 Å². The fraction of sp³-hybridized carbons (Fsp3) is 0.267. The van der Waals surface area contributed by atoms with Crippen LogP contribution in [0.25, 0.3) is 9.88 Å². The maximum Gasteiger partial charge on any atom is 0.276 e. The zero-order chi connectivity index (χ0) is 15.5. The molecule has 0 saturated heterocycles. The number of rotatable bonds is 5. The Hall–Kier alpha value is -1.99. The predicted octanol–water partition coefficient (Wildman–Crippen LogP) is 3.98. The second-order valence-electron chi connectivity index (χ2n) is 5.26. The molecule has 1 N–H and O–H groups in total. The fourth-order valence-corrected chi connectivity index (χ4v) is 3.62. The third-order valence-electron chi connectivity index (χ3n) is 2.97. The van der Waals surface area contributed by atoms with Gasteiger partial charge in [-0.1, -0.05) is 19.9 Å². The molecular formula is C15H16N4OS2. The van der Waals surface area contributed by atoms with Crippen molar-refractivity contribution >= 4 is 34.4 Å². The summed E-state index contributed by atoms with van der Waals surface area (Å²) in [5, 5.41) is 11.8. The summed E-state index contributed by atoms with van der Waals surface area (Å²) in [6, 6.07) is 5.78. The van der Waals surface area contributed by atoms with E-state index in [1.807, 2.05) is 17.5 Å². The number of nitrogens with one attached hydrogen (secondary N) is 1. The SMILES string of the molecule is CC(C)Cn1nccc1NC(=O)c1csc(-c2cccs2)n1. The maximum absolute atomic E-state index is 12.3. The highest BCUT2D eigenvalue weighted by molar-refractivity contribution is 7.20. The number of hydrogen-bond donors (Lipinski definition) is 1. The van der Waals surface area contributed by atoms with Crippen LogP contribution in [0.5, 0.6) is 0 Å². The van der Waals surface area contributed by atoms with Crippen molar-refractivity contribution in [2.24, 2.45) is 5.92 Å². The molecule has 1 amide bonds. The Bertz CT molecular complexity index is 758. The van der Waals surface area contributed by atoms with Gasteiger partial charge in [-0.2, -0.15) is 5.10 Å². The fourth-order valence-electron chi connectivity index (χ4n) is 2.00. The van der Waals surface area contributed by atoms with E-state index in [2.05, 4.69) is 29.2 Å². The minimum atomic E-state index is -0.204. The molecule has 5 nitrogen and oxygen atoms in total. The van der Waals surface area contributed by atoms with Crippen LogP contribution >= 0.6 is 22.7 Å². The number of carbonyl (C=O) groups excluding carboxylic acids is 1. The Morgan fingerprint density at radius 2 is 2.23 bits per heavy atom. The Balaban J connectivity index is 1.74. The summed E-state index contributed by atoms with van der Waals surface area (Å²) in [6.07, 6.45) is 1.69. The standard InChI is InChI=1S/C15H16N4OS2/c1-10(2)8-19-13(5-6-16-19)18-14(20)11-9-22-15(17-11)12-4-3-7-21-12/h3-7,9-10H,8H2,1-2H3,(H,18,20). The molecule has 3 aromatic rings. The highest BCUT2D eigenvalue weighted by atomic mass is 32.1. The smallest absolute Gasteiger partial charge is 0.276 e. The van der Waals surface area contributed by atoms with Crippen LogP contribution in [0.4, 0.5) is 5.82 Å². The van der Waals surface area contributed by atoms with Crippen LogP contribution in [-0.4, -0.2) is 20.7 Å². The van der Waals surface area contributed by atoms with Crippen molar-refractivity contribution < 1.29 is 4.79 Å². The van der Waals surface area contributed by atoms with Gasteiger partial charge in [0.05, 0.1) is 11.1 Å². The molecule has 0 aliphatic heterocycles. The number of anilines is 1. The second kappa shape index (κ2) is 6.41. The third kappa shape index (κ3) is 3.26. The van der Waals surface area contributed by atoms with Gasteiger partial charge in [0.1, 0.15) is 16.5 Å². The first-order chi connectivity index (χ1) is 10.6. The van der Waals surface area contributed by atoms with Crippen LogP contribution in [0.1, 0.15) is 24.3 Å². The van der Waals surface area contributed by atoms with Crippen molar-refractivity contribution in [2.75, 3.05) is 5.32 Å². The monoisotopic (exact) mass is 332 g/mol. The van der Waals surface area contributed by atoms with Gasteiger partial charge in [0.15, 0.2) is 0 Å². The molecule has 0 aliphatic carbocycles. The number of nitrogens with zero attached hydrogens (tertiary/aromatic N) is 3. The van der Waals surface area contributed by atoms with E-state index >= 15 is 0 Å². The van der Waals surface area contributed by atoms with Gasteiger partial charge in [-0.3, -0.25) is 4.79 Å². The van der Waals surface area contributed by atoms with Crippen LogP contribution in [0.2, 0.25) is 0 Å². The van der Waals surface area contributed by atoms with Crippen molar-refractivity contribution in [3.8, 4) is 9.88 Å². The molecule has 0 bridgehead atoms. The van der Waals surface area contributed by atoms with Crippen LogP contribution in [0, 0.1) is 5.92 Å². The largest absolute Gasteiger partial charge is 0.305 e. The van der Waals surface area contributed by atoms with Gasteiger partial charge in [0.2, 0.25) is 0 Å². The molecule has 0 fully saturated rings. The number of hydrogen-bond acceptors (Lipinski definition) is 5. The van der Waals surface area contributed by atoms with Gasteiger partial charge < -0.3 is 5.32 Å². The molecule has 0 unspecified atom stereocenters. The van der Waals surface area contributed by atoms with E-state index in [0.717, 1.165) is 16.4 Å². The van der Waals surface area contributed by atoms with Gasteiger partial charge in [0.25, 0.3) is 5.91 Å². The summed E-state index contributed by atoms with van der Waals surface area (Å²) >= 11 is 3.10. The number of thiazole rings is 1. The molecule has 0 atom stereocenters. The van der Waals surface area contributed by atoms with E-state index in [9.17, 15) is 4.79 Å². The minimum absolute atomic E-state index is 0.204. The Morgan fingerprint density at radius 1 is 1.36 bits per heavy atom. The van der Waals surface area contributed by atoms with Crippen LogP contribution in [-0.2, 0) is 6.54 Å². The highest BCUT2D eigenvalue weighted by Gasteiger charge is 2.14. The molecule has 22 heavy (non-hydrogen) atoms. The van der Waals surface area contributed by atoms with Gasteiger partial charge in [0, 0.05) is 18.0 Å². The minimum Gasteiger partial charge on any atom is -0.305 e. The van der Waals surface area contributed by atoms with E-state index in [4.69, 9.17) is 0 Å². The Morgan fingerprint density at radius 3 is 2.95 bits per heavy atom. The molecule has 3 rings (SSSR count). The zero-order valence-corrected chi connectivity index (χ0v) is 13.9. The molecule has 0 radical (unpaired) electrons. The lowest BCUT2D eigenvalue weighted by atomic mass is 10.2. The second-order valence-corrected chi connectivity index (χ2v) is 7.07. The van der Waals surface area contributed by atoms with Gasteiger partial charge >= 0.3 is 0 Å². The van der Waals surface area contributed by atoms with E-state index in [1.54, 1.807) is 33.7 Å². The van der Waals surface area contributed by atoms with Crippen molar-refractivity contribution in [2.45, 2.75) is 20.4 Å². The van der Waals surface area contributed by atoms with Crippen molar-refractivity contribution in [1.29, 1.82) is 0 Å². The van der Waals surface area contributed by atoms with E-state index < -0.39 is 0 Å². The topological polar surface area (TPSA) is 59.8 Å². The molecule has 3 aromatic heterocycles. The Kier molecular flexibility index (Phi) is 4.35. The number of carbonyl (C=O) groups is 1. The molecular weight excluding hydrogens is 316 g/mol. The van der Waals surface area contributed by atoms with Crippen LogP contribution < -0.4 is 5.32 Å². The van der Waals surface area contributed by atoms with E-state index in [1.165, 1.54) is 11.3 Å². The Labute approximate surface area is 136 Å². The van der Waals surface area contributed by atoms with Crippen molar-refractivity contribution in [3.63, 3.8) is 0 Å². The lowest BCUT2D eigenvalue weighted by molar-refractivity contribution is 0.102. The van der Waals surface area contributed by atoms with Crippen LogP contribution in [0.3, 0.4) is 0 Å². The molecule has 0 aliphatic rings. The summed E-state index contributed by atoms with van der Waals surface area (Å²) in [4.78, 5) is 17.8. The summed E-state index contributed by atoms with van der Waals surface area (Å²) in [6.45, 7) is 4.99. The molecule has 7 heteroatoms. The summed E-state index contributed by atoms with van der Waals surface area (Å²) < 4.78 is 1.80. The normalized spacial score (nSPS) is 11.0. The first kappa shape index (κ1) is 14.9. The summed E-state index contributed by atoms with van der Waals surface area (Å²) in [5.74, 6) is 0.953. The first-order valence-corrected chi connectivity index (χ1v) is 8.72. The molecule has 3 heterocycles. The summed E-state index contributed by atoms with van der Waals surface area (Å²) in [7, 11) is 0. The number of aromatic nitrogens is 3. The van der Waals surface area contributed by atoms with Crippen LogP contribution in [0.15, 0.2) is 35.2 Å². The van der Waals surface area contributed by atoms with E-state index in [-0.39, 0.29) is 5.91 Å². The summed E-state index contributed by atoms with van der Waals surface area (Å²) in [5.41, 5.74) is 0.436. The predicted molar refractivity (Wildman–Crippen MR) is 90.4 cm³/mol. The average molecular weight is 332 g/mol. The lowest BCUT2D eigenvalue weighted by Gasteiger charge is -2.10. The van der Waals surface area contributed by atoms with Gasteiger partial charge in [-0.15, -0.1) is 22.7 Å². The number of amides is 1. The van der Waals surface area contributed by atoms with E-state index in [0.29, 0.717) is 17.4 Å². The first-order valence-electron chi connectivity index (χ1n) is 6.96. The molecule has 0 spiro atoms. The molecule has 114 valence electrons. The maximum atomic E-state index is 12.3. The molecule has 0 aromatic carbocycles. The average Bonchev–Trinajstić information content (AvgIpc) is 3.18. The molecule has 0 saturated carbocycles. The van der Waals surface area contributed by atoms with Crippen molar-refractivity contribution in [1.82, 2.24) is 14.8 Å². The number of thiophene rings is 1. The lowest BCUT2D eigenvalue weighted by Crippen LogP contribution is -2.17.